The Hall–Kier alpha value is -2.71. The van der Waals surface area contributed by atoms with Crippen molar-refractivity contribution >= 4 is 11.6 Å². The molecule has 8 heteroatoms. The van der Waals surface area contributed by atoms with E-state index in [1.54, 1.807) is 0 Å². The summed E-state index contributed by atoms with van der Waals surface area (Å²) in [4.78, 5) is 27.6. The molecule has 28 heavy (non-hydrogen) atoms. The largest absolute Gasteiger partial charge is 0.379 e. The van der Waals surface area contributed by atoms with Crippen molar-refractivity contribution in [2.75, 3.05) is 39.4 Å². The van der Waals surface area contributed by atoms with E-state index < -0.39 is 4.92 Å². The molecule has 0 unspecified atom stereocenters. The molecule has 150 valence electrons. The van der Waals surface area contributed by atoms with Crippen LogP contribution in [0.25, 0.3) is 0 Å². The monoisotopic (exact) mass is 386 g/mol. The zero-order valence-electron chi connectivity index (χ0n) is 16.1. The summed E-state index contributed by atoms with van der Waals surface area (Å²) < 4.78 is 7.37. The number of carbonyl (C=O) groups excluding carboxylic acids is 1. The number of hydrogen-bond acceptors (Lipinski definition) is 5. The fourth-order valence-electron chi connectivity index (χ4n) is 3.33. The van der Waals surface area contributed by atoms with E-state index in [2.05, 4.69) is 4.90 Å². The van der Waals surface area contributed by atoms with Gasteiger partial charge in [0, 0.05) is 62.8 Å². The Kier molecular flexibility index (Phi) is 6.78. The number of amides is 1. The Bertz CT molecular complexity index is 797. The van der Waals surface area contributed by atoms with Gasteiger partial charge >= 0.3 is 0 Å². The molecule has 0 bridgehead atoms. The van der Waals surface area contributed by atoms with Gasteiger partial charge in [0.1, 0.15) is 0 Å². The van der Waals surface area contributed by atoms with Gasteiger partial charge in [0.15, 0.2) is 0 Å². The van der Waals surface area contributed by atoms with E-state index in [0.717, 1.165) is 45.0 Å². The number of morpholine rings is 1. The van der Waals surface area contributed by atoms with E-state index in [4.69, 9.17) is 4.74 Å². The summed E-state index contributed by atoms with van der Waals surface area (Å²) in [5.41, 5.74) is 1.49. The van der Waals surface area contributed by atoms with Gasteiger partial charge in [-0.05, 0) is 30.7 Å². The van der Waals surface area contributed by atoms with Crippen LogP contribution in [0.2, 0.25) is 0 Å². The van der Waals surface area contributed by atoms with Gasteiger partial charge < -0.3 is 14.2 Å². The maximum Gasteiger partial charge on any atom is 0.269 e. The molecule has 1 amide bonds. The zero-order chi connectivity index (χ0) is 19.9. The van der Waals surface area contributed by atoms with Crippen LogP contribution in [0.1, 0.15) is 22.5 Å². The van der Waals surface area contributed by atoms with Crippen molar-refractivity contribution < 1.29 is 14.5 Å². The molecule has 1 saturated heterocycles. The molecule has 1 aliphatic rings. The molecule has 2 aromatic rings. The number of hydrogen-bond donors (Lipinski definition) is 0. The van der Waals surface area contributed by atoms with Crippen molar-refractivity contribution in [3.63, 3.8) is 0 Å². The molecule has 8 nitrogen and oxygen atoms in total. The summed E-state index contributed by atoms with van der Waals surface area (Å²) >= 11 is 0. The molecule has 1 aromatic heterocycles. The van der Waals surface area contributed by atoms with Crippen molar-refractivity contribution in [3.8, 4) is 0 Å². The van der Waals surface area contributed by atoms with Gasteiger partial charge in [-0.15, -0.1) is 0 Å². The lowest BCUT2D eigenvalue weighted by Crippen LogP contribution is -2.39. The van der Waals surface area contributed by atoms with Crippen LogP contribution >= 0.6 is 0 Å². The first-order valence-corrected chi connectivity index (χ1v) is 9.48. The van der Waals surface area contributed by atoms with Crippen LogP contribution in [0.4, 0.5) is 5.69 Å². The highest BCUT2D eigenvalue weighted by atomic mass is 16.6. The second-order valence-corrected chi connectivity index (χ2v) is 6.95. The van der Waals surface area contributed by atoms with Gasteiger partial charge in [0.2, 0.25) is 0 Å². The highest BCUT2D eigenvalue weighted by Gasteiger charge is 2.19. The van der Waals surface area contributed by atoms with Crippen LogP contribution < -0.4 is 0 Å². The Balaban J connectivity index is 1.67. The zero-order valence-corrected chi connectivity index (χ0v) is 16.1. The molecule has 0 aliphatic carbocycles. The van der Waals surface area contributed by atoms with Gasteiger partial charge in [-0.2, -0.15) is 0 Å². The minimum atomic E-state index is -0.460. The lowest BCUT2D eigenvalue weighted by Gasteiger charge is -2.28. The number of ether oxygens (including phenoxy) is 1. The molecule has 0 radical (unpaired) electrons. The minimum absolute atomic E-state index is 0.0159. The van der Waals surface area contributed by atoms with Crippen molar-refractivity contribution in [1.82, 2.24) is 14.4 Å². The number of carbonyl (C=O) groups is 1. The molecule has 0 saturated carbocycles. The van der Waals surface area contributed by atoms with Crippen molar-refractivity contribution in [3.05, 3.63) is 64.0 Å². The van der Waals surface area contributed by atoms with Crippen LogP contribution in [-0.4, -0.2) is 64.6 Å². The fourth-order valence-corrected chi connectivity index (χ4v) is 3.33. The maximum absolute atomic E-state index is 13.1. The van der Waals surface area contributed by atoms with Gasteiger partial charge in [0.25, 0.3) is 11.6 Å². The third-order valence-corrected chi connectivity index (χ3v) is 5.02. The number of non-ortho nitro benzene ring substituents is 1. The van der Waals surface area contributed by atoms with Crippen molar-refractivity contribution in [1.29, 1.82) is 0 Å². The average molecular weight is 386 g/mol. The Labute approximate surface area is 164 Å². The van der Waals surface area contributed by atoms with E-state index in [0.29, 0.717) is 18.7 Å². The van der Waals surface area contributed by atoms with Gasteiger partial charge in [-0.1, -0.05) is 0 Å². The number of rotatable bonds is 8. The van der Waals surface area contributed by atoms with Crippen LogP contribution in [0.15, 0.2) is 42.6 Å². The summed E-state index contributed by atoms with van der Waals surface area (Å²) in [5, 5.41) is 10.9. The van der Waals surface area contributed by atoms with Crippen LogP contribution in [0.5, 0.6) is 0 Å². The van der Waals surface area contributed by atoms with E-state index in [-0.39, 0.29) is 11.6 Å². The standard InChI is InChI=1S/C20H26N4O4/c1-21-9-2-4-19(21)16-23(11-3-10-22-12-14-28-15-13-22)20(25)17-5-7-18(8-6-17)24(26)27/h2,4-9H,3,10-16H2,1H3. The first kappa shape index (κ1) is 20.0. The Morgan fingerprint density at radius 1 is 1.21 bits per heavy atom. The summed E-state index contributed by atoms with van der Waals surface area (Å²) in [5.74, 6) is -0.113. The quantitative estimate of drug-likeness (QED) is 0.514. The third kappa shape index (κ3) is 5.17. The van der Waals surface area contributed by atoms with Crippen molar-refractivity contribution in [2.24, 2.45) is 7.05 Å². The first-order chi connectivity index (χ1) is 13.5. The van der Waals surface area contributed by atoms with E-state index >= 15 is 0 Å². The summed E-state index contributed by atoms with van der Waals surface area (Å²) in [6, 6.07) is 9.76. The summed E-state index contributed by atoms with van der Waals surface area (Å²) in [6.07, 6.45) is 2.82. The first-order valence-electron chi connectivity index (χ1n) is 9.48. The number of aryl methyl sites for hydroxylation is 1. The molecule has 3 rings (SSSR count). The maximum atomic E-state index is 13.1. The molecular weight excluding hydrogens is 360 g/mol. The molecule has 2 heterocycles. The average Bonchev–Trinajstić information content (AvgIpc) is 3.12. The minimum Gasteiger partial charge on any atom is -0.379 e. The Morgan fingerprint density at radius 2 is 1.93 bits per heavy atom. The van der Waals surface area contributed by atoms with Crippen LogP contribution in [0, 0.1) is 10.1 Å². The third-order valence-electron chi connectivity index (χ3n) is 5.02. The summed E-state index contributed by atoms with van der Waals surface area (Å²) in [6.45, 7) is 5.41. The SMILES string of the molecule is Cn1cccc1CN(CCCN1CCOCC1)C(=O)c1ccc([N+](=O)[O-])cc1. The van der Waals surface area contributed by atoms with Gasteiger partial charge in [0.05, 0.1) is 24.7 Å². The topological polar surface area (TPSA) is 80.8 Å². The molecule has 0 atom stereocenters. The van der Waals surface area contributed by atoms with E-state index in [1.807, 2.05) is 34.8 Å². The number of nitro groups is 1. The van der Waals surface area contributed by atoms with Crippen molar-refractivity contribution in [2.45, 2.75) is 13.0 Å². The molecule has 0 spiro atoms. The highest BCUT2D eigenvalue weighted by Crippen LogP contribution is 2.16. The van der Waals surface area contributed by atoms with E-state index in [1.165, 1.54) is 24.3 Å². The molecular formula is C20H26N4O4. The lowest BCUT2D eigenvalue weighted by molar-refractivity contribution is -0.384. The Morgan fingerprint density at radius 3 is 2.54 bits per heavy atom. The van der Waals surface area contributed by atoms with Gasteiger partial charge in [-0.25, -0.2) is 0 Å². The van der Waals surface area contributed by atoms with Crippen LogP contribution in [0.3, 0.4) is 0 Å². The number of benzene rings is 1. The second kappa shape index (κ2) is 9.48. The van der Waals surface area contributed by atoms with Crippen LogP contribution in [-0.2, 0) is 18.3 Å². The number of nitro benzene ring substituents is 1. The highest BCUT2D eigenvalue weighted by molar-refractivity contribution is 5.94. The smallest absolute Gasteiger partial charge is 0.269 e. The van der Waals surface area contributed by atoms with E-state index in [9.17, 15) is 14.9 Å². The number of aromatic nitrogens is 1. The predicted octanol–water partition coefficient (Wildman–Crippen LogP) is 2.30. The predicted molar refractivity (Wildman–Crippen MR) is 105 cm³/mol. The lowest BCUT2D eigenvalue weighted by atomic mass is 10.1. The molecule has 0 N–H and O–H groups in total. The second-order valence-electron chi connectivity index (χ2n) is 6.95. The molecule has 1 fully saturated rings. The summed E-state index contributed by atoms with van der Waals surface area (Å²) in [7, 11) is 1.96. The molecule has 1 aromatic carbocycles. The van der Waals surface area contributed by atoms with Gasteiger partial charge in [-0.3, -0.25) is 19.8 Å². The number of nitrogens with zero attached hydrogens (tertiary/aromatic N) is 4. The normalized spacial score (nSPS) is 14.8. The molecule has 1 aliphatic heterocycles. The fraction of sp³-hybridized carbons (Fsp3) is 0.450.